The lowest BCUT2D eigenvalue weighted by molar-refractivity contribution is -0.135. The molecule has 6 nitrogen and oxygen atoms in total. The minimum absolute atomic E-state index is 0.148. The van der Waals surface area contributed by atoms with E-state index in [1.807, 2.05) is 32.2 Å². The molecule has 1 atom stereocenters. The molecule has 3 aromatic rings. The zero-order valence-electron chi connectivity index (χ0n) is 21.4. The summed E-state index contributed by atoms with van der Waals surface area (Å²) in [5.41, 5.74) is 1.96. The summed E-state index contributed by atoms with van der Waals surface area (Å²) in [5, 5.41) is 1.99. The number of nitrogens with zero attached hydrogens (tertiary/aromatic N) is 2. The number of rotatable bonds is 10. The highest BCUT2D eigenvalue weighted by Gasteiger charge is 2.35. The van der Waals surface area contributed by atoms with Crippen molar-refractivity contribution in [2.75, 3.05) is 26.2 Å². The molecule has 0 radical (unpaired) electrons. The number of amides is 1. The van der Waals surface area contributed by atoms with E-state index < -0.39 is 15.8 Å². The van der Waals surface area contributed by atoms with Crippen LogP contribution in [0.25, 0.3) is 0 Å². The summed E-state index contributed by atoms with van der Waals surface area (Å²) < 4.78 is 48.0. The second-order valence-corrected chi connectivity index (χ2v) is 12.7. The fourth-order valence-corrected chi connectivity index (χ4v) is 6.73. The number of fused-ring (bicyclic) bond motifs is 1. The molecule has 0 N–H and O–H groups in total. The average Bonchev–Trinajstić information content (AvgIpc) is 3.34. The number of sulfonamides is 1. The molecule has 0 unspecified atom stereocenters. The van der Waals surface area contributed by atoms with E-state index in [1.54, 1.807) is 52.6 Å². The van der Waals surface area contributed by atoms with Gasteiger partial charge < -0.3 is 9.64 Å². The number of hydrogen-bond donors (Lipinski definition) is 0. The van der Waals surface area contributed by atoms with Crippen molar-refractivity contribution in [3.8, 4) is 5.75 Å². The molecular weight excluding hydrogens is 511 g/mol. The fourth-order valence-electron chi connectivity index (χ4n) is 4.39. The molecule has 0 saturated heterocycles. The summed E-state index contributed by atoms with van der Waals surface area (Å²) in [7, 11) is -3.86. The molecule has 1 amide bonds. The molecule has 0 fully saturated rings. The smallest absolute Gasteiger partial charge is 0.243 e. The van der Waals surface area contributed by atoms with Gasteiger partial charge in [0.1, 0.15) is 18.2 Å². The van der Waals surface area contributed by atoms with Crippen LogP contribution in [0.1, 0.15) is 42.3 Å². The third kappa shape index (κ3) is 6.58. The molecule has 37 heavy (non-hydrogen) atoms. The summed E-state index contributed by atoms with van der Waals surface area (Å²) in [6.07, 6.45) is 1.34. The van der Waals surface area contributed by atoms with Gasteiger partial charge >= 0.3 is 0 Å². The normalized spacial score (nSPS) is 15.7. The van der Waals surface area contributed by atoms with Crippen molar-refractivity contribution in [3.63, 3.8) is 0 Å². The maximum absolute atomic E-state index is 13.7. The molecule has 4 rings (SSSR count). The Morgan fingerprint density at radius 3 is 2.65 bits per heavy atom. The van der Waals surface area contributed by atoms with Crippen LogP contribution in [0.4, 0.5) is 4.39 Å². The van der Waals surface area contributed by atoms with E-state index >= 15 is 0 Å². The van der Waals surface area contributed by atoms with Crippen molar-refractivity contribution in [2.45, 2.75) is 44.6 Å². The van der Waals surface area contributed by atoms with Crippen LogP contribution in [0.5, 0.6) is 5.75 Å². The number of carbonyl (C=O) groups is 1. The predicted octanol–water partition coefficient (Wildman–Crippen LogP) is 5.44. The zero-order chi connectivity index (χ0) is 26.6. The summed E-state index contributed by atoms with van der Waals surface area (Å²) in [4.78, 5) is 16.8. The second kappa shape index (κ2) is 11.8. The summed E-state index contributed by atoms with van der Waals surface area (Å²) in [5.74, 6) is -0.00612. The largest absolute Gasteiger partial charge is 0.491 e. The Balaban J connectivity index is 1.57. The van der Waals surface area contributed by atoms with Crippen molar-refractivity contribution >= 4 is 27.3 Å². The van der Waals surface area contributed by atoms with E-state index in [0.717, 1.165) is 11.1 Å². The monoisotopic (exact) mass is 544 g/mol. The van der Waals surface area contributed by atoms with Crippen LogP contribution in [-0.4, -0.2) is 49.8 Å². The van der Waals surface area contributed by atoms with Crippen LogP contribution in [0.2, 0.25) is 0 Å². The SMILES string of the molecule is Cc1ccc(S(=O)(=O)N(CCC(C)C)CC(=O)N2CCc3sccc3[C@@H]2COc2cccc(F)c2)cc1. The van der Waals surface area contributed by atoms with Crippen molar-refractivity contribution < 1.29 is 22.3 Å². The number of thiophene rings is 1. The Bertz CT molecular complexity index is 1320. The van der Waals surface area contributed by atoms with Crippen molar-refractivity contribution in [2.24, 2.45) is 5.92 Å². The number of ether oxygens (including phenoxy) is 1. The lowest BCUT2D eigenvalue weighted by Gasteiger charge is -2.37. The van der Waals surface area contributed by atoms with Crippen LogP contribution in [-0.2, 0) is 21.2 Å². The van der Waals surface area contributed by atoms with Gasteiger partial charge in [-0.3, -0.25) is 4.79 Å². The minimum atomic E-state index is -3.86. The van der Waals surface area contributed by atoms with E-state index in [9.17, 15) is 17.6 Å². The minimum Gasteiger partial charge on any atom is -0.491 e. The van der Waals surface area contributed by atoms with Crippen molar-refractivity contribution in [3.05, 3.63) is 81.8 Å². The molecule has 9 heteroatoms. The summed E-state index contributed by atoms with van der Waals surface area (Å²) in [6.45, 7) is 6.57. The van der Waals surface area contributed by atoms with Crippen molar-refractivity contribution in [1.82, 2.24) is 9.21 Å². The first kappa shape index (κ1) is 27.3. The quantitative estimate of drug-likeness (QED) is 0.341. The first-order valence-electron chi connectivity index (χ1n) is 12.5. The van der Waals surface area contributed by atoms with Crippen LogP contribution in [0.3, 0.4) is 0 Å². The average molecular weight is 545 g/mol. The zero-order valence-corrected chi connectivity index (χ0v) is 23.0. The molecule has 1 aromatic heterocycles. The summed E-state index contributed by atoms with van der Waals surface area (Å²) >= 11 is 1.64. The Hall–Kier alpha value is -2.75. The molecule has 0 aliphatic carbocycles. The number of carbonyl (C=O) groups excluding carboxylic acids is 1. The summed E-state index contributed by atoms with van der Waals surface area (Å²) in [6, 6.07) is 14.2. The molecule has 198 valence electrons. The van der Waals surface area contributed by atoms with E-state index in [2.05, 4.69) is 0 Å². The predicted molar refractivity (Wildman–Crippen MR) is 144 cm³/mol. The third-order valence-corrected chi connectivity index (χ3v) is 9.40. The number of aryl methyl sites for hydroxylation is 1. The number of hydrogen-bond acceptors (Lipinski definition) is 5. The van der Waals surface area contributed by atoms with Gasteiger partial charge in [0.15, 0.2) is 0 Å². The maximum Gasteiger partial charge on any atom is 0.243 e. The van der Waals surface area contributed by atoms with E-state index in [4.69, 9.17) is 4.74 Å². The highest BCUT2D eigenvalue weighted by molar-refractivity contribution is 7.89. The molecule has 2 aromatic carbocycles. The second-order valence-electron chi connectivity index (χ2n) is 9.75. The highest BCUT2D eigenvalue weighted by Crippen LogP contribution is 2.34. The molecule has 2 heterocycles. The van der Waals surface area contributed by atoms with Gasteiger partial charge in [-0.15, -0.1) is 11.3 Å². The topological polar surface area (TPSA) is 66.9 Å². The Labute approximate surface area is 222 Å². The molecule has 0 bridgehead atoms. The van der Waals surface area contributed by atoms with Crippen LogP contribution < -0.4 is 4.74 Å². The highest BCUT2D eigenvalue weighted by atomic mass is 32.2. The van der Waals surface area contributed by atoms with Gasteiger partial charge in [-0.05, 0) is 67.0 Å². The molecule has 0 saturated carbocycles. The Kier molecular flexibility index (Phi) is 8.67. The van der Waals surface area contributed by atoms with Crippen LogP contribution >= 0.6 is 11.3 Å². The molecule has 0 spiro atoms. The van der Waals surface area contributed by atoms with Crippen LogP contribution in [0.15, 0.2) is 64.9 Å². The first-order chi connectivity index (χ1) is 17.6. The Morgan fingerprint density at radius 2 is 1.95 bits per heavy atom. The third-order valence-electron chi connectivity index (χ3n) is 6.55. The maximum atomic E-state index is 13.7. The van der Waals surface area contributed by atoms with E-state index in [-0.39, 0.29) is 42.5 Å². The van der Waals surface area contributed by atoms with Gasteiger partial charge in [0.2, 0.25) is 15.9 Å². The van der Waals surface area contributed by atoms with Gasteiger partial charge in [0.25, 0.3) is 0 Å². The fraction of sp³-hybridized carbons (Fsp3) is 0.393. The lowest BCUT2D eigenvalue weighted by Crippen LogP contribution is -2.48. The van der Waals surface area contributed by atoms with Gasteiger partial charge in [-0.1, -0.05) is 37.6 Å². The lowest BCUT2D eigenvalue weighted by atomic mass is 10.0. The van der Waals surface area contributed by atoms with E-state index in [1.165, 1.54) is 21.3 Å². The molecule has 1 aliphatic heterocycles. The van der Waals surface area contributed by atoms with Crippen molar-refractivity contribution in [1.29, 1.82) is 0 Å². The molecule has 1 aliphatic rings. The number of benzene rings is 2. The van der Waals surface area contributed by atoms with Crippen LogP contribution in [0, 0.1) is 18.7 Å². The first-order valence-corrected chi connectivity index (χ1v) is 14.8. The van der Waals surface area contributed by atoms with Gasteiger partial charge in [-0.25, -0.2) is 12.8 Å². The Morgan fingerprint density at radius 1 is 1.19 bits per heavy atom. The number of halogens is 1. The van der Waals surface area contributed by atoms with E-state index in [0.29, 0.717) is 25.1 Å². The van der Waals surface area contributed by atoms with Gasteiger partial charge in [0.05, 0.1) is 17.5 Å². The van der Waals surface area contributed by atoms with Gasteiger partial charge in [-0.2, -0.15) is 4.31 Å². The van der Waals surface area contributed by atoms with Gasteiger partial charge in [0, 0.05) is 24.0 Å². The molecular formula is C28H33FN2O4S2. The standard InChI is InChI=1S/C28H33FN2O4S2/c1-20(2)11-14-30(37(33,34)24-9-7-21(3)8-10-24)18-28(32)31-15-12-27-25(13-16-36-27)26(31)19-35-23-6-4-5-22(29)17-23/h4-10,13,16-17,20,26H,11-12,14-15,18-19H2,1-3H3/t26-/m0/s1.